The Hall–Kier alpha value is -2.44. The van der Waals surface area contributed by atoms with E-state index in [-0.39, 0.29) is 17.9 Å². The SMILES string of the molecule is CCn1nnc2cc(C(=O)NC3CCN(C(C)=O)CC3)ccc21. The van der Waals surface area contributed by atoms with Gasteiger partial charge in [-0.15, -0.1) is 5.10 Å². The summed E-state index contributed by atoms with van der Waals surface area (Å²) >= 11 is 0. The van der Waals surface area contributed by atoms with Gasteiger partial charge in [0.2, 0.25) is 5.91 Å². The molecule has 0 radical (unpaired) electrons. The van der Waals surface area contributed by atoms with Gasteiger partial charge >= 0.3 is 0 Å². The molecule has 1 aromatic heterocycles. The third-order valence-electron chi connectivity index (χ3n) is 4.35. The highest BCUT2D eigenvalue weighted by Gasteiger charge is 2.22. The number of carbonyl (C=O) groups excluding carboxylic acids is 2. The number of benzene rings is 1. The number of likely N-dealkylation sites (tertiary alicyclic amines) is 1. The number of fused-ring (bicyclic) bond motifs is 1. The van der Waals surface area contributed by atoms with Crippen LogP contribution in [-0.4, -0.2) is 50.8 Å². The van der Waals surface area contributed by atoms with Gasteiger partial charge in [0.15, 0.2) is 0 Å². The van der Waals surface area contributed by atoms with Crippen LogP contribution in [0.2, 0.25) is 0 Å². The van der Waals surface area contributed by atoms with Crippen molar-refractivity contribution in [1.29, 1.82) is 0 Å². The van der Waals surface area contributed by atoms with Crippen molar-refractivity contribution in [3.63, 3.8) is 0 Å². The van der Waals surface area contributed by atoms with Gasteiger partial charge in [-0.3, -0.25) is 9.59 Å². The third kappa shape index (κ3) is 3.18. The Morgan fingerprint density at radius 1 is 1.30 bits per heavy atom. The molecule has 7 nitrogen and oxygen atoms in total. The number of piperidine rings is 1. The standard InChI is InChI=1S/C16H21N5O2/c1-3-21-15-5-4-12(10-14(15)18-19-21)16(23)17-13-6-8-20(9-7-13)11(2)22/h4-5,10,13H,3,6-9H2,1-2H3,(H,17,23). The summed E-state index contributed by atoms with van der Waals surface area (Å²) in [5.74, 6) is -0.00142. The number of nitrogens with zero attached hydrogens (tertiary/aromatic N) is 4. The van der Waals surface area contributed by atoms with E-state index in [0.29, 0.717) is 18.7 Å². The number of aromatic nitrogens is 3. The lowest BCUT2D eigenvalue weighted by atomic mass is 10.0. The average molecular weight is 315 g/mol. The van der Waals surface area contributed by atoms with Crippen molar-refractivity contribution < 1.29 is 9.59 Å². The second kappa shape index (κ2) is 6.36. The van der Waals surface area contributed by atoms with Crippen molar-refractivity contribution in [3.05, 3.63) is 23.8 Å². The average Bonchev–Trinajstić information content (AvgIpc) is 2.97. The fourth-order valence-corrected chi connectivity index (χ4v) is 2.95. The van der Waals surface area contributed by atoms with Gasteiger partial charge < -0.3 is 10.2 Å². The molecule has 2 amide bonds. The molecule has 1 aromatic carbocycles. The predicted molar refractivity (Wildman–Crippen MR) is 85.9 cm³/mol. The van der Waals surface area contributed by atoms with E-state index >= 15 is 0 Å². The number of nitrogens with one attached hydrogen (secondary N) is 1. The Morgan fingerprint density at radius 2 is 2.04 bits per heavy atom. The Balaban J connectivity index is 1.66. The van der Waals surface area contributed by atoms with E-state index in [9.17, 15) is 9.59 Å². The molecule has 0 bridgehead atoms. The first-order valence-electron chi connectivity index (χ1n) is 7.98. The molecule has 1 aliphatic heterocycles. The summed E-state index contributed by atoms with van der Waals surface area (Å²) in [5.41, 5.74) is 2.25. The number of carbonyl (C=O) groups is 2. The fraction of sp³-hybridized carbons (Fsp3) is 0.500. The minimum atomic E-state index is -0.0979. The molecule has 0 spiro atoms. The zero-order valence-electron chi connectivity index (χ0n) is 13.5. The number of amides is 2. The van der Waals surface area contributed by atoms with Gasteiger partial charge in [-0.05, 0) is 38.0 Å². The van der Waals surface area contributed by atoms with E-state index in [0.717, 1.165) is 30.4 Å². The highest BCUT2D eigenvalue weighted by molar-refractivity contribution is 5.97. The van der Waals surface area contributed by atoms with Crippen LogP contribution in [0.3, 0.4) is 0 Å². The van der Waals surface area contributed by atoms with E-state index in [2.05, 4.69) is 15.6 Å². The van der Waals surface area contributed by atoms with Crippen LogP contribution in [0, 0.1) is 0 Å². The minimum absolute atomic E-state index is 0.0965. The van der Waals surface area contributed by atoms with Crippen molar-refractivity contribution in [3.8, 4) is 0 Å². The lowest BCUT2D eigenvalue weighted by molar-refractivity contribution is -0.129. The zero-order chi connectivity index (χ0) is 16.4. The highest BCUT2D eigenvalue weighted by Crippen LogP contribution is 2.15. The molecule has 0 unspecified atom stereocenters. The van der Waals surface area contributed by atoms with Gasteiger partial charge in [0.05, 0.1) is 5.52 Å². The molecular weight excluding hydrogens is 294 g/mol. The minimum Gasteiger partial charge on any atom is -0.349 e. The van der Waals surface area contributed by atoms with Gasteiger partial charge in [-0.25, -0.2) is 4.68 Å². The molecule has 23 heavy (non-hydrogen) atoms. The summed E-state index contributed by atoms with van der Waals surface area (Å²) in [7, 11) is 0. The van der Waals surface area contributed by atoms with Gasteiger partial charge in [-0.2, -0.15) is 0 Å². The number of rotatable bonds is 3. The zero-order valence-corrected chi connectivity index (χ0v) is 13.5. The number of aryl methyl sites for hydroxylation is 1. The maximum absolute atomic E-state index is 12.4. The molecule has 1 aliphatic rings. The quantitative estimate of drug-likeness (QED) is 0.922. The summed E-state index contributed by atoms with van der Waals surface area (Å²) in [6.45, 7) is 5.73. The first-order chi connectivity index (χ1) is 11.1. The predicted octanol–water partition coefficient (Wildman–Crippen LogP) is 1.19. The van der Waals surface area contributed by atoms with Crippen LogP contribution >= 0.6 is 0 Å². The monoisotopic (exact) mass is 315 g/mol. The first kappa shape index (κ1) is 15.5. The molecule has 2 aromatic rings. The number of hydrogen-bond donors (Lipinski definition) is 1. The van der Waals surface area contributed by atoms with Crippen molar-refractivity contribution >= 4 is 22.8 Å². The van der Waals surface area contributed by atoms with Crippen LogP contribution in [0.5, 0.6) is 0 Å². The molecular formula is C16H21N5O2. The maximum Gasteiger partial charge on any atom is 0.251 e. The molecule has 0 aliphatic carbocycles. The molecule has 0 saturated carbocycles. The van der Waals surface area contributed by atoms with Crippen LogP contribution in [0.15, 0.2) is 18.2 Å². The second-order valence-electron chi connectivity index (χ2n) is 5.86. The summed E-state index contributed by atoms with van der Waals surface area (Å²) in [6.07, 6.45) is 1.58. The molecule has 1 N–H and O–H groups in total. The van der Waals surface area contributed by atoms with Crippen LogP contribution in [0.4, 0.5) is 0 Å². The molecule has 7 heteroatoms. The Morgan fingerprint density at radius 3 is 2.70 bits per heavy atom. The first-order valence-corrected chi connectivity index (χ1v) is 7.98. The fourth-order valence-electron chi connectivity index (χ4n) is 2.95. The molecule has 3 rings (SSSR count). The summed E-state index contributed by atoms with van der Waals surface area (Å²) in [5, 5.41) is 11.2. The van der Waals surface area contributed by atoms with Gasteiger partial charge in [-0.1, -0.05) is 5.21 Å². The number of hydrogen-bond acceptors (Lipinski definition) is 4. The Labute approximate surface area is 134 Å². The smallest absolute Gasteiger partial charge is 0.251 e. The topological polar surface area (TPSA) is 80.1 Å². The normalized spacial score (nSPS) is 15.8. The van der Waals surface area contributed by atoms with E-state index in [1.807, 2.05) is 17.9 Å². The van der Waals surface area contributed by atoms with Crippen molar-refractivity contribution in [2.24, 2.45) is 0 Å². The van der Waals surface area contributed by atoms with Crippen molar-refractivity contribution in [2.75, 3.05) is 13.1 Å². The summed E-state index contributed by atoms with van der Waals surface area (Å²) < 4.78 is 1.80. The highest BCUT2D eigenvalue weighted by atomic mass is 16.2. The summed E-state index contributed by atoms with van der Waals surface area (Å²) in [6, 6.07) is 5.57. The molecule has 1 fully saturated rings. The Bertz CT molecular complexity index is 731. The van der Waals surface area contributed by atoms with Crippen LogP contribution in [0.25, 0.3) is 11.0 Å². The van der Waals surface area contributed by atoms with Gasteiger partial charge in [0, 0.05) is 38.2 Å². The van der Waals surface area contributed by atoms with Gasteiger partial charge in [0.1, 0.15) is 5.52 Å². The maximum atomic E-state index is 12.4. The van der Waals surface area contributed by atoms with Gasteiger partial charge in [0.25, 0.3) is 5.91 Å². The molecule has 122 valence electrons. The van der Waals surface area contributed by atoms with E-state index < -0.39 is 0 Å². The Kier molecular flexibility index (Phi) is 4.27. The molecule has 0 atom stereocenters. The third-order valence-corrected chi connectivity index (χ3v) is 4.35. The van der Waals surface area contributed by atoms with Crippen LogP contribution < -0.4 is 5.32 Å². The van der Waals surface area contributed by atoms with E-state index in [1.165, 1.54) is 0 Å². The van der Waals surface area contributed by atoms with E-state index in [1.54, 1.807) is 23.7 Å². The largest absolute Gasteiger partial charge is 0.349 e. The molecule has 1 saturated heterocycles. The lowest BCUT2D eigenvalue weighted by Gasteiger charge is -2.31. The van der Waals surface area contributed by atoms with Crippen LogP contribution in [0.1, 0.15) is 37.0 Å². The van der Waals surface area contributed by atoms with Crippen molar-refractivity contribution in [1.82, 2.24) is 25.2 Å². The molecule has 2 heterocycles. The lowest BCUT2D eigenvalue weighted by Crippen LogP contribution is -2.45. The van der Waals surface area contributed by atoms with E-state index in [4.69, 9.17) is 0 Å². The second-order valence-corrected chi connectivity index (χ2v) is 5.86. The summed E-state index contributed by atoms with van der Waals surface area (Å²) in [4.78, 5) is 25.5. The van der Waals surface area contributed by atoms with Crippen molar-refractivity contribution in [2.45, 2.75) is 39.3 Å². The van der Waals surface area contributed by atoms with Crippen LogP contribution in [-0.2, 0) is 11.3 Å².